The highest BCUT2D eigenvalue weighted by Gasteiger charge is 2.03. The first-order chi connectivity index (χ1) is 8.11. The Morgan fingerprint density at radius 1 is 1.24 bits per heavy atom. The van der Waals surface area contributed by atoms with Crippen molar-refractivity contribution in [3.8, 4) is 0 Å². The summed E-state index contributed by atoms with van der Waals surface area (Å²) in [4.78, 5) is 2.13. The van der Waals surface area contributed by atoms with Gasteiger partial charge in [0.1, 0.15) is 0 Å². The van der Waals surface area contributed by atoms with Gasteiger partial charge in [-0.2, -0.15) is 0 Å². The summed E-state index contributed by atoms with van der Waals surface area (Å²) in [5.41, 5.74) is 7.80. The normalized spacial score (nSPS) is 10.8. The van der Waals surface area contributed by atoms with Crippen molar-refractivity contribution >= 4 is 11.4 Å². The van der Waals surface area contributed by atoms with Crippen molar-refractivity contribution in [3.63, 3.8) is 0 Å². The van der Waals surface area contributed by atoms with Crippen LogP contribution < -0.4 is 10.6 Å². The third-order valence-corrected chi connectivity index (χ3v) is 2.76. The van der Waals surface area contributed by atoms with Crippen LogP contribution in [0.15, 0.2) is 24.3 Å². The van der Waals surface area contributed by atoms with Gasteiger partial charge in [-0.3, -0.25) is 0 Å². The van der Waals surface area contributed by atoms with Crippen LogP contribution in [0, 0.1) is 5.92 Å². The van der Waals surface area contributed by atoms with E-state index in [9.17, 15) is 0 Å². The van der Waals surface area contributed by atoms with E-state index in [1.165, 1.54) is 0 Å². The molecule has 0 saturated carbocycles. The summed E-state index contributed by atoms with van der Waals surface area (Å²) in [5, 5.41) is 0. The summed E-state index contributed by atoms with van der Waals surface area (Å²) < 4.78 is 5.59. The number of ether oxygens (including phenoxy) is 1. The molecular weight excluding hydrogens is 212 g/mol. The SMILES string of the molecule is CC(C)CCOCCN(C)c1ccccc1N. The van der Waals surface area contributed by atoms with Gasteiger partial charge in [0.15, 0.2) is 0 Å². The number of nitrogen functional groups attached to an aromatic ring is 1. The molecular formula is C14H24N2O. The van der Waals surface area contributed by atoms with Crippen LogP contribution in [0.4, 0.5) is 11.4 Å². The molecule has 0 saturated heterocycles. The largest absolute Gasteiger partial charge is 0.397 e. The second-order valence-corrected chi connectivity index (χ2v) is 4.78. The Kier molecular flexibility index (Phi) is 5.84. The van der Waals surface area contributed by atoms with E-state index in [4.69, 9.17) is 10.5 Å². The summed E-state index contributed by atoms with van der Waals surface area (Å²) in [6, 6.07) is 7.91. The van der Waals surface area contributed by atoms with Gasteiger partial charge in [-0.1, -0.05) is 26.0 Å². The summed E-state index contributed by atoms with van der Waals surface area (Å²) in [5.74, 6) is 0.706. The van der Waals surface area contributed by atoms with Gasteiger partial charge in [0.2, 0.25) is 0 Å². The number of hydrogen-bond donors (Lipinski definition) is 1. The van der Waals surface area contributed by atoms with E-state index in [-0.39, 0.29) is 0 Å². The lowest BCUT2D eigenvalue weighted by atomic mass is 10.1. The molecule has 0 unspecified atom stereocenters. The third-order valence-electron chi connectivity index (χ3n) is 2.76. The first-order valence-corrected chi connectivity index (χ1v) is 6.24. The van der Waals surface area contributed by atoms with Crippen molar-refractivity contribution in [1.29, 1.82) is 0 Å². The molecule has 17 heavy (non-hydrogen) atoms. The Labute approximate surface area is 105 Å². The molecule has 0 heterocycles. The highest BCUT2D eigenvalue weighted by Crippen LogP contribution is 2.20. The number of likely N-dealkylation sites (N-methyl/N-ethyl adjacent to an activating group) is 1. The van der Waals surface area contributed by atoms with E-state index >= 15 is 0 Å². The van der Waals surface area contributed by atoms with Crippen LogP contribution >= 0.6 is 0 Å². The van der Waals surface area contributed by atoms with Crippen LogP contribution in [0.2, 0.25) is 0 Å². The van der Waals surface area contributed by atoms with Crippen LogP contribution in [0.25, 0.3) is 0 Å². The lowest BCUT2D eigenvalue weighted by molar-refractivity contribution is 0.130. The molecule has 2 N–H and O–H groups in total. The zero-order valence-electron chi connectivity index (χ0n) is 11.1. The summed E-state index contributed by atoms with van der Waals surface area (Å²) >= 11 is 0. The first kappa shape index (κ1) is 13.8. The Hall–Kier alpha value is -1.22. The Morgan fingerprint density at radius 3 is 2.59 bits per heavy atom. The Bertz CT molecular complexity index is 326. The fourth-order valence-electron chi connectivity index (χ4n) is 1.58. The maximum absolute atomic E-state index is 5.91. The number of hydrogen-bond acceptors (Lipinski definition) is 3. The van der Waals surface area contributed by atoms with Crippen LogP contribution in [-0.4, -0.2) is 26.8 Å². The van der Waals surface area contributed by atoms with Crippen LogP contribution in [-0.2, 0) is 4.74 Å². The van der Waals surface area contributed by atoms with Gasteiger partial charge in [-0.25, -0.2) is 0 Å². The van der Waals surface area contributed by atoms with Gasteiger partial charge < -0.3 is 15.4 Å². The molecule has 0 atom stereocenters. The molecule has 96 valence electrons. The van der Waals surface area contributed by atoms with E-state index in [0.29, 0.717) is 5.92 Å². The fraction of sp³-hybridized carbons (Fsp3) is 0.571. The minimum Gasteiger partial charge on any atom is -0.397 e. The minimum absolute atomic E-state index is 0.706. The van der Waals surface area contributed by atoms with Gasteiger partial charge in [0.25, 0.3) is 0 Å². The predicted octanol–water partition coefficient (Wildman–Crippen LogP) is 2.77. The van der Waals surface area contributed by atoms with Crippen molar-refractivity contribution in [2.24, 2.45) is 5.92 Å². The van der Waals surface area contributed by atoms with Gasteiger partial charge >= 0.3 is 0 Å². The maximum atomic E-state index is 5.91. The van der Waals surface area contributed by atoms with Gasteiger partial charge in [-0.05, 0) is 24.5 Å². The molecule has 0 aromatic heterocycles. The topological polar surface area (TPSA) is 38.5 Å². The molecule has 0 spiro atoms. The molecule has 0 aliphatic carbocycles. The first-order valence-electron chi connectivity index (χ1n) is 6.24. The molecule has 1 rings (SSSR count). The fourth-order valence-corrected chi connectivity index (χ4v) is 1.58. The van der Waals surface area contributed by atoms with Crippen molar-refractivity contribution in [2.75, 3.05) is 37.4 Å². The molecule has 3 heteroatoms. The van der Waals surface area contributed by atoms with Gasteiger partial charge in [-0.15, -0.1) is 0 Å². The van der Waals surface area contributed by atoms with Crippen LogP contribution in [0.1, 0.15) is 20.3 Å². The number of nitrogens with zero attached hydrogens (tertiary/aromatic N) is 1. The quantitative estimate of drug-likeness (QED) is 0.584. The molecule has 1 aromatic carbocycles. The smallest absolute Gasteiger partial charge is 0.0641 e. The molecule has 0 fully saturated rings. The monoisotopic (exact) mass is 236 g/mol. The zero-order valence-corrected chi connectivity index (χ0v) is 11.1. The van der Waals surface area contributed by atoms with E-state index < -0.39 is 0 Å². The van der Waals surface area contributed by atoms with Crippen LogP contribution in [0.3, 0.4) is 0 Å². The van der Waals surface area contributed by atoms with E-state index in [1.807, 2.05) is 31.3 Å². The second kappa shape index (κ2) is 7.17. The molecule has 1 aromatic rings. The summed E-state index contributed by atoms with van der Waals surface area (Å²) in [7, 11) is 2.04. The van der Waals surface area contributed by atoms with Crippen molar-refractivity contribution in [2.45, 2.75) is 20.3 Å². The summed E-state index contributed by atoms with van der Waals surface area (Å²) in [6.07, 6.45) is 1.12. The Morgan fingerprint density at radius 2 is 1.94 bits per heavy atom. The average molecular weight is 236 g/mol. The predicted molar refractivity (Wildman–Crippen MR) is 74.4 cm³/mol. The highest BCUT2D eigenvalue weighted by molar-refractivity contribution is 5.66. The molecule has 0 amide bonds. The van der Waals surface area contributed by atoms with E-state index in [2.05, 4.69) is 18.7 Å². The second-order valence-electron chi connectivity index (χ2n) is 4.78. The van der Waals surface area contributed by atoms with E-state index in [0.717, 1.165) is 37.6 Å². The van der Waals surface area contributed by atoms with Gasteiger partial charge in [0.05, 0.1) is 18.0 Å². The number of nitrogens with two attached hydrogens (primary N) is 1. The summed E-state index contributed by atoms with van der Waals surface area (Å²) in [6.45, 7) is 6.87. The molecule has 0 aliphatic heterocycles. The van der Waals surface area contributed by atoms with Gasteiger partial charge in [0, 0.05) is 20.2 Å². The average Bonchev–Trinajstić information content (AvgIpc) is 2.28. The third kappa shape index (κ3) is 5.09. The lowest BCUT2D eigenvalue weighted by Gasteiger charge is -2.21. The van der Waals surface area contributed by atoms with Crippen LogP contribution in [0.5, 0.6) is 0 Å². The Balaban J connectivity index is 2.26. The number of para-hydroxylation sites is 2. The molecule has 0 bridgehead atoms. The van der Waals surface area contributed by atoms with Crippen molar-refractivity contribution < 1.29 is 4.74 Å². The maximum Gasteiger partial charge on any atom is 0.0641 e. The number of anilines is 2. The molecule has 0 radical (unpaired) electrons. The van der Waals surface area contributed by atoms with Crippen molar-refractivity contribution in [1.82, 2.24) is 0 Å². The standard InChI is InChI=1S/C14H24N2O/c1-12(2)8-10-17-11-9-16(3)14-7-5-4-6-13(14)15/h4-7,12H,8-11,15H2,1-3H3. The highest BCUT2D eigenvalue weighted by atomic mass is 16.5. The molecule has 0 aliphatic rings. The lowest BCUT2D eigenvalue weighted by Crippen LogP contribution is -2.23. The zero-order chi connectivity index (χ0) is 12.7. The van der Waals surface area contributed by atoms with E-state index in [1.54, 1.807) is 0 Å². The number of rotatable bonds is 7. The number of benzene rings is 1. The van der Waals surface area contributed by atoms with Crippen molar-refractivity contribution in [3.05, 3.63) is 24.3 Å². The minimum atomic E-state index is 0.706. The molecule has 3 nitrogen and oxygen atoms in total.